The van der Waals surface area contributed by atoms with E-state index in [0.29, 0.717) is 6.61 Å². The molecule has 0 radical (unpaired) electrons. The molecule has 0 aliphatic heterocycles. The molecule has 2 atom stereocenters. The SMILES string of the molecule is C=CCCCC(O)C(C)OCC. The highest BCUT2D eigenvalue weighted by Crippen LogP contribution is 2.07. The van der Waals surface area contributed by atoms with Gasteiger partial charge in [0.1, 0.15) is 0 Å². The van der Waals surface area contributed by atoms with E-state index in [4.69, 9.17) is 4.74 Å². The molecule has 0 spiro atoms. The van der Waals surface area contributed by atoms with Gasteiger partial charge in [0.25, 0.3) is 0 Å². The fourth-order valence-electron chi connectivity index (χ4n) is 1.08. The van der Waals surface area contributed by atoms with Gasteiger partial charge in [-0.1, -0.05) is 6.08 Å². The normalized spacial score (nSPS) is 15.6. The van der Waals surface area contributed by atoms with Crippen molar-refractivity contribution in [2.24, 2.45) is 0 Å². The van der Waals surface area contributed by atoms with E-state index in [1.165, 1.54) is 0 Å². The maximum absolute atomic E-state index is 9.52. The maximum Gasteiger partial charge on any atom is 0.0805 e. The van der Waals surface area contributed by atoms with Crippen LogP contribution in [-0.4, -0.2) is 23.9 Å². The van der Waals surface area contributed by atoms with Gasteiger partial charge in [0.2, 0.25) is 0 Å². The van der Waals surface area contributed by atoms with Crippen LogP contribution in [0.2, 0.25) is 0 Å². The lowest BCUT2D eigenvalue weighted by molar-refractivity contribution is -0.0253. The van der Waals surface area contributed by atoms with Crippen molar-refractivity contribution in [3.8, 4) is 0 Å². The molecule has 1 N–H and O–H groups in total. The van der Waals surface area contributed by atoms with Crippen LogP contribution < -0.4 is 0 Å². The molecule has 0 aromatic carbocycles. The Kier molecular flexibility index (Phi) is 7.11. The second kappa shape index (κ2) is 7.32. The lowest BCUT2D eigenvalue weighted by atomic mass is 10.1. The Hall–Kier alpha value is -0.340. The first-order valence-electron chi connectivity index (χ1n) is 4.63. The molecule has 12 heavy (non-hydrogen) atoms. The fourth-order valence-corrected chi connectivity index (χ4v) is 1.08. The number of rotatable bonds is 7. The molecule has 0 rings (SSSR count). The molecule has 0 aliphatic rings. The van der Waals surface area contributed by atoms with Crippen LogP contribution in [0, 0.1) is 0 Å². The van der Waals surface area contributed by atoms with Gasteiger partial charge in [0.15, 0.2) is 0 Å². The second-order valence-electron chi connectivity index (χ2n) is 2.95. The van der Waals surface area contributed by atoms with E-state index in [9.17, 15) is 5.11 Å². The summed E-state index contributed by atoms with van der Waals surface area (Å²) in [7, 11) is 0. The zero-order valence-corrected chi connectivity index (χ0v) is 8.12. The van der Waals surface area contributed by atoms with Crippen LogP contribution >= 0.6 is 0 Å². The summed E-state index contributed by atoms with van der Waals surface area (Å²) in [5, 5.41) is 9.52. The first-order valence-corrected chi connectivity index (χ1v) is 4.63. The minimum absolute atomic E-state index is 0.0418. The van der Waals surface area contributed by atoms with Crippen molar-refractivity contribution in [1.82, 2.24) is 0 Å². The number of ether oxygens (including phenoxy) is 1. The molecule has 2 unspecified atom stereocenters. The Labute approximate surface area is 75.2 Å². The van der Waals surface area contributed by atoms with E-state index < -0.39 is 0 Å². The summed E-state index contributed by atoms with van der Waals surface area (Å²) in [6.07, 6.45) is 4.26. The Balaban J connectivity index is 3.41. The zero-order chi connectivity index (χ0) is 9.40. The second-order valence-corrected chi connectivity index (χ2v) is 2.95. The summed E-state index contributed by atoms with van der Waals surface area (Å²) in [5.41, 5.74) is 0. The van der Waals surface area contributed by atoms with Crippen LogP contribution in [0.25, 0.3) is 0 Å². The monoisotopic (exact) mass is 172 g/mol. The first kappa shape index (κ1) is 11.7. The minimum Gasteiger partial charge on any atom is -0.390 e. The summed E-state index contributed by atoms with van der Waals surface area (Å²) < 4.78 is 5.26. The van der Waals surface area contributed by atoms with E-state index in [-0.39, 0.29) is 12.2 Å². The molecule has 72 valence electrons. The molecule has 0 fully saturated rings. The van der Waals surface area contributed by atoms with Gasteiger partial charge in [0.05, 0.1) is 12.2 Å². The fraction of sp³-hybridized carbons (Fsp3) is 0.800. The lowest BCUT2D eigenvalue weighted by Crippen LogP contribution is -2.25. The van der Waals surface area contributed by atoms with Gasteiger partial charge in [-0.05, 0) is 33.1 Å². The molecule has 0 aromatic heterocycles. The molecule has 0 saturated carbocycles. The number of allylic oxidation sites excluding steroid dienone is 1. The Morgan fingerprint density at radius 2 is 2.25 bits per heavy atom. The standard InChI is InChI=1S/C10H20O2/c1-4-6-7-8-10(11)9(3)12-5-2/h4,9-11H,1,5-8H2,2-3H3. The molecular weight excluding hydrogens is 152 g/mol. The molecule has 2 nitrogen and oxygen atoms in total. The summed E-state index contributed by atoms with van der Waals surface area (Å²) in [5.74, 6) is 0. The van der Waals surface area contributed by atoms with Crippen molar-refractivity contribution in [1.29, 1.82) is 0 Å². The first-order chi connectivity index (χ1) is 5.72. The van der Waals surface area contributed by atoms with Crippen molar-refractivity contribution in [2.45, 2.75) is 45.3 Å². The highest BCUT2D eigenvalue weighted by molar-refractivity contribution is 4.69. The summed E-state index contributed by atoms with van der Waals surface area (Å²) in [4.78, 5) is 0. The number of aliphatic hydroxyl groups excluding tert-OH is 1. The summed E-state index contributed by atoms with van der Waals surface area (Å²) >= 11 is 0. The number of hydrogen-bond donors (Lipinski definition) is 1. The predicted molar refractivity (Wildman–Crippen MR) is 51.1 cm³/mol. The molecule has 0 bridgehead atoms. The van der Waals surface area contributed by atoms with Crippen molar-refractivity contribution < 1.29 is 9.84 Å². The quantitative estimate of drug-likeness (QED) is 0.471. The van der Waals surface area contributed by atoms with Gasteiger partial charge in [-0.25, -0.2) is 0 Å². The van der Waals surface area contributed by atoms with Gasteiger partial charge in [-0.3, -0.25) is 0 Å². The van der Waals surface area contributed by atoms with E-state index in [1.807, 2.05) is 19.9 Å². The number of aliphatic hydroxyl groups is 1. The van der Waals surface area contributed by atoms with E-state index >= 15 is 0 Å². The largest absolute Gasteiger partial charge is 0.390 e. The Morgan fingerprint density at radius 1 is 1.58 bits per heavy atom. The van der Waals surface area contributed by atoms with Crippen LogP contribution in [0.5, 0.6) is 0 Å². The van der Waals surface area contributed by atoms with Gasteiger partial charge in [-0.2, -0.15) is 0 Å². The third kappa shape index (κ3) is 5.33. The Bertz CT molecular complexity index is 112. The predicted octanol–water partition coefficient (Wildman–Crippen LogP) is 2.13. The van der Waals surface area contributed by atoms with E-state index in [0.717, 1.165) is 19.3 Å². The van der Waals surface area contributed by atoms with Crippen molar-refractivity contribution in [3.63, 3.8) is 0 Å². The average Bonchev–Trinajstić information content (AvgIpc) is 2.05. The molecule has 0 heterocycles. The summed E-state index contributed by atoms with van der Waals surface area (Å²) in [6.45, 7) is 8.13. The van der Waals surface area contributed by atoms with E-state index in [1.54, 1.807) is 0 Å². The highest BCUT2D eigenvalue weighted by atomic mass is 16.5. The van der Waals surface area contributed by atoms with Gasteiger partial charge >= 0.3 is 0 Å². The molecule has 0 amide bonds. The molecular formula is C10H20O2. The third-order valence-electron chi connectivity index (χ3n) is 1.88. The minimum atomic E-state index is -0.329. The lowest BCUT2D eigenvalue weighted by Gasteiger charge is -2.18. The number of unbranched alkanes of at least 4 members (excludes halogenated alkanes) is 1. The van der Waals surface area contributed by atoms with Gasteiger partial charge in [0, 0.05) is 6.61 Å². The maximum atomic E-state index is 9.52. The summed E-state index contributed by atoms with van der Waals surface area (Å²) in [6, 6.07) is 0. The third-order valence-corrected chi connectivity index (χ3v) is 1.88. The van der Waals surface area contributed by atoms with Crippen molar-refractivity contribution in [3.05, 3.63) is 12.7 Å². The van der Waals surface area contributed by atoms with Gasteiger partial charge < -0.3 is 9.84 Å². The van der Waals surface area contributed by atoms with Crippen LogP contribution in [-0.2, 0) is 4.74 Å². The number of hydrogen-bond acceptors (Lipinski definition) is 2. The smallest absolute Gasteiger partial charge is 0.0805 e. The van der Waals surface area contributed by atoms with Crippen LogP contribution in [0.1, 0.15) is 33.1 Å². The Morgan fingerprint density at radius 3 is 2.75 bits per heavy atom. The van der Waals surface area contributed by atoms with E-state index in [2.05, 4.69) is 6.58 Å². The zero-order valence-electron chi connectivity index (χ0n) is 8.12. The topological polar surface area (TPSA) is 29.5 Å². The van der Waals surface area contributed by atoms with Crippen molar-refractivity contribution >= 4 is 0 Å². The average molecular weight is 172 g/mol. The van der Waals surface area contributed by atoms with Crippen molar-refractivity contribution in [2.75, 3.05) is 6.61 Å². The molecule has 2 heteroatoms. The van der Waals surface area contributed by atoms with Crippen LogP contribution in [0.3, 0.4) is 0 Å². The highest BCUT2D eigenvalue weighted by Gasteiger charge is 2.12. The van der Waals surface area contributed by atoms with Crippen LogP contribution in [0.4, 0.5) is 0 Å². The molecule has 0 aliphatic carbocycles. The van der Waals surface area contributed by atoms with Gasteiger partial charge in [-0.15, -0.1) is 6.58 Å². The molecule has 0 saturated heterocycles. The molecule has 0 aromatic rings. The van der Waals surface area contributed by atoms with Crippen LogP contribution in [0.15, 0.2) is 12.7 Å².